The number of hydrogen-bond donors (Lipinski definition) is 2. The quantitative estimate of drug-likeness (QED) is 0.425. The lowest BCUT2D eigenvalue weighted by atomic mass is 10.1. The highest BCUT2D eigenvalue weighted by atomic mass is 32.2. The van der Waals surface area contributed by atoms with E-state index in [1.54, 1.807) is 32.4 Å². The number of benzene rings is 2. The van der Waals surface area contributed by atoms with Crippen molar-refractivity contribution in [3.05, 3.63) is 42.0 Å². The van der Waals surface area contributed by atoms with Gasteiger partial charge in [-0.15, -0.1) is 0 Å². The maximum Gasteiger partial charge on any atom is 0.232 e. The fraction of sp³-hybridized carbons (Fsp3) is 0.455. The first-order valence-corrected chi connectivity index (χ1v) is 11.7. The van der Waals surface area contributed by atoms with E-state index in [0.717, 1.165) is 25.1 Å². The minimum atomic E-state index is -3.46. The Hall–Kier alpha value is -2.65. The van der Waals surface area contributed by atoms with Crippen molar-refractivity contribution in [1.82, 2.24) is 5.32 Å². The van der Waals surface area contributed by atoms with E-state index < -0.39 is 10.0 Å². The molecule has 0 radical (unpaired) electrons. The molecular weight excluding hydrogens is 420 g/mol. The van der Waals surface area contributed by atoms with Crippen molar-refractivity contribution in [1.29, 1.82) is 0 Å². The third-order valence-electron chi connectivity index (χ3n) is 4.66. The number of anilines is 1. The van der Waals surface area contributed by atoms with Gasteiger partial charge in [-0.25, -0.2) is 8.42 Å². The number of ether oxygens (including phenoxy) is 4. The summed E-state index contributed by atoms with van der Waals surface area (Å²) >= 11 is 0. The van der Waals surface area contributed by atoms with E-state index >= 15 is 0 Å². The average Bonchev–Trinajstić information content (AvgIpc) is 2.77. The van der Waals surface area contributed by atoms with Gasteiger partial charge in [0.2, 0.25) is 10.0 Å². The fourth-order valence-electron chi connectivity index (χ4n) is 3.06. The number of methoxy groups -OCH3 is 4. The molecule has 0 aliphatic rings. The topological polar surface area (TPSA) is 95.1 Å². The molecule has 0 saturated heterocycles. The standard InChI is InChI=1S/C22H32N2O6S/c1-27-19-14-18(15-20(16-19)28-2)24-31(25,26)12-6-11-23-10-5-7-17-8-9-21(29-3)22(13-17)30-4/h8-9,13-16,23-24H,5-7,10-12H2,1-4H3. The summed E-state index contributed by atoms with van der Waals surface area (Å²) in [5.74, 6) is 2.50. The Morgan fingerprint density at radius 2 is 1.42 bits per heavy atom. The van der Waals surface area contributed by atoms with Gasteiger partial charge in [0.15, 0.2) is 11.5 Å². The molecule has 0 spiro atoms. The van der Waals surface area contributed by atoms with Gasteiger partial charge in [-0.1, -0.05) is 6.07 Å². The molecular formula is C22H32N2O6S. The van der Waals surface area contributed by atoms with Crippen LogP contribution in [0.5, 0.6) is 23.0 Å². The second kappa shape index (κ2) is 12.3. The van der Waals surface area contributed by atoms with Crippen LogP contribution in [0.3, 0.4) is 0 Å². The zero-order valence-corrected chi connectivity index (χ0v) is 19.4. The van der Waals surface area contributed by atoms with Gasteiger partial charge >= 0.3 is 0 Å². The van der Waals surface area contributed by atoms with Gasteiger partial charge in [0.1, 0.15) is 11.5 Å². The SMILES string of the molecule is COc1cc(NS(=O)(=O)CCCNCCCc2ccc(OC)c(OC)c2)cc(OC)c1. The van der Waals surface area contributed by atoms with Crippen LogP contribution in [0.4, 0.5) is 5.69 Å². The van der Waals surface area contributed by atoms with Crippen molar-refractivity contribution in [2.45, 2.75) is 19.3 Å². The Bertz CT molecular complexity index is 911. The van der Waals surface area contributed by atoms with Crippen molar-refractivity contribution in [2.75, 3.05) is 52.0 Å². The Morgan fingerprint density at radius 3 is 2.03 bits per heavy atom. The van der Waals surface area contributed by atoms with Gasteiger partial charge in [0, 0.05) is 18.2 Å². The molecule has 172 valence electrons. The largest absolute Gasteiger partial charge is 0.497 e. The van der Waals surface area contributed by atoms with Gasteiger partial charge < -0.3 is 24.3 Å². The Labute approximate surface area is 184 Å². The van der Waals surface area contributed by atoms with Crippen molar-refractivity contribution in [3.63, 3.8) is 0 Å². The van der Waals surface area contributed by atoms with E-state index in [4.69, 9.17) is 18.9 Å². The van der Waals surface area contributed by atoms with E-state index in [1.807, 2.05) is 18.2 Å². The van der Waals surface area contributed by atoms with Crippen LogP contribution in [-0.4, -0.2) is 55.7 Å². The van der Waals surface area contributed by atoms with Crippen LogP contribution < -0.4 is 29.0 Å². The van der Waals surface area contributed by atoms with E-state index in [1.165, 1.54) is 19.8 Å². The summed E-state index contributed by atoms with van der Waals surface area (Å²) in [6.07, 6.45) is 2.34. The number of rotatable bonds is 14. The van der Waals surface area contributed by atoms with E-state index in [2.05, 4.69) is 10.0 Å². The first kappa shape index (κ1) is 24.6. The molecule has 0 fully saturated rings. The number of sulfonamides is 1. The summed E-state index contributed by atoms with van der Waals surface area (Å²) in [5, 5.41) is 3.29. The van der Waals surface area contributed by atoms with E-state index in [9.17, 15) is 8.42 Å². The van der Waals surface area contributed by atoms with E-state index in [0.29, 0.717) is 35.9 Å². The van der Waals surface area contributed by atoms with Gasteiger partial charge in [-0.3, -0.25) is 4.72 Å². The molecule has 2 aromatic rings. The monoisotopic (exact) mass is 452 g/mol. The fourth-order valence-corrected chi connectivity index (χ4v) is 4.17. The lowest BCUT2D eigenvalue weighted by Crippen LogP contribution is -2.23. The lowest BCUT2D eigenvalue weighted by molar-refractivity contribution is 0.354. The predicted octanol–water partition coefficient (Wildman–Crippen LogP) is 3.08. The number of nitrogens with one attached hydrogen (secondary N) is 2. The molecule has 0 aliphatic carbocycles. The first-order valence-electron chi connectivity index (χ1n) is 10.1. The molecule has 0 heterocycles. The Balaban J connectivity index is 1.70. The van der Waals surface area contributed by atoms with Gasteiger partial charge in [0.25, 0.3) is 0 Å². The molecule has 0 amide bonds. The molecule has 0 unspecified atom stereocenters. The van der Waals surface area contributed by atoms with Crippen LogP contribution in [0.1, 0.15) is 18.4 Å². The van der Waals surface area contributed by atoms with E-state index in [-0.39, 0.29) is 5.75 Å². The summed E-state index contributed by atoms with van der Waals surface area (Å²) in [6, 6.07) is 10.8. The maximum atomic E-state index is 12.3. The summed E-state index contributed by atoms with van der Waals surface area (Å²) in [7, 11) is 2.81. The Morgan fingerprint density at radius 1 is 0.774 bits per heavy atom. The molecule has 2 rings (SSSR count). The number of aryl methyl sites for hydroxylation is 1. The third-order valence-corrected chi connectivity index (χ3v) is 6.03. The molecule has 0 aromatic heterocycles. The van der Waals surface area contributed by atoms with Gasteiger partial charge in [0.05, 0.1) is 39.9 Å². The van der Waals surface area contributed by atoms with Crippen molar-refractivity contribution in [2.24, 2.45) is 0 Å². The van der Waals surface area contributed by atoms with Crippen molar-refractivity contribution >= 4 is 15.7 Å². The van der Waals surface area contributed by atoms with Crippen LogP contribution in [0.2, 0.25) is 0 Å². The smallest absolute Gasteiger partial charge is 0.232 e. The highest BCUT2D eigenvalue weighted by Crippen LogP contribution is 2.28. The first-order chi connectivity index (χ1) is 14.9. The molecule has 31 heavy (non-hydrogen) atoms. The minimum absolute atomic E-state index is 0.0230. The molecule has 0 saturated carbocycles. The van der Waals surface area contributed by atoms with Crippen LogP contribution >= 0.6 is 0 Å². The second-order valence-corrected chi connectivity index (χ2v) is 8.76. The molecule has 0 aliphatic heterocycles. The maximum absolute atomic E-state index is 12.3. The van der Waals surface area contributed by atoms with Crippen LogP contribution in [0.15, 0.2) is 36.4 Å². The van der Waals surface area contributed by atoms with Gasteiger partial charge in [-0.05, 0) is 50.0 Å². The zero-order valence-electron chi connectivity index (χ0n) is 18.6. The lowest BCUT2D eigenvalue weighted by Gasteiger charge is -2.12. The summed E-state index contributed by atoms with van der Waals surface area (Å²) in [4.78, 5) is 0. The summed E-state index contributed by atoms with van der Waals surface area (Å²) < 4.78 is 48.2. The normalized spacial score (nSPS) is 11.1. The molecule has 9 heteroatoms. The summed E-state index contributed by atoms with van der Waals surface area (Å²) in [5.41, 5.74) is 1.58. The number of hydrogen-bond acceptors (Lipinski definition) is 7. The molecule has 0 bridgehead atoms. The van der Waals surface area contributed by atoms with Crippen molar-refractivity contribution < 1.29 is 27.4 Å². The highest BCUT2D eigenvalue weighted by molar-refractivity contribution is 7.92. The Kier molecular flexibility index (Phi) is 9.74. The zero-order chi connectivity index (χ0) is 22.7. The third kappa shape index (κ3) is 8.18. The minimum Gasteiger partial charge on any atom is -0.497 e. The predicted molar refractivity (Wildman–Crippen MR) is 122 cm³/mol. The second-order valence-electron chi connectivity index (χ2n) is 6.92. The van der Waals surface area contributed by atoms with Crippen LogP contribution in [-0.2, 0) is 16.4 Å². The average molecular weight is 453 g/mol. The van der Waals surface area contributed by atoms with Crippen LogP contribution in [0, 0.1) is 0 Å². The van der Waals surface area contributed by atoms with Crippen molar-refractivity contribution in [3.8, 4) is 23.0 Å². The molecule has 2 N–H and O–H groups in total. The molecule has 2 aromatic carbocycles. The highest BCUT2D eigenvalue weighted by Gasteiger charge is 2.12. The van der Waals surface area contributed by atoms with Crippen LogP contribution in [0.25, 0.3) is 0 Å². The van der Waals surface area contributed by atoms with Gasteiger partial charge in [-0.2, -0.15) is 0 Å². The molecule has 8 nitrogen and oxygen atoms in total. The summed E-state index contributed by atoms with van der Waals surface area (Å²) in [6.45, 7) is 1.42. The molecule has 0 atom stereocenters.